The summed E-state index contributed by atoms with van der Waals surface area (Å²) in [7, 11) is 0. The van der Waals surface area contributed by atoms with Crippen LogP contribution in [0.15, 0.2) is 0 Å². The van der Waals surface area contributed by atoms with Gasteiger partial charge in [-0.2, -0.15) is 0 Å². The molecule has 1 saturated carbocycles. The van der Waals surface area contributed by atoms with Gasteiger partial charge in [0.15, 0.2) is 5.41 Å². The first-order chi connectivity index (χ1) is 6.58. The maximum atomic E-state index is 11.6. The van der Waals surface area contributed by atoms with Gasteiger partial charge in [0.2, 0.25) is 0 Å². The molecule has 0 N–H and O–H groups in total. The van der Waals surface area contributed by atoms with Crippen LogP contribution in [0, 0.1) is 5.41 Å². The molecule has 1 saturated heterocycles. The fourth-order valence-electron chi connectivity index (χ4n) is 1.71. The Kier molecular flexibility index (Phi) is 1.84. The first kappa shape index (κ1) is 9.49. The highest BCUT2D eigenvalue weighted by molar-refractivity contribution is 6.04. The normalized spacial score (nSPS) is 27.0. The third-order valence-electron chi connectivity index (χ3n) is 3.17. The van der Waals surface area contributed by atoms with Gasteiger partial charge >= 0.3 is 11.9 Å². The summed E-state index contributed by atoms with van der Waals surface area (Å²) in [5, 5.41) is 0. The number of carbonyl (C=O) groups excluding carboxylic acids is 2. The summed E-state index contributed by atoms with van der Waals surface area (Å²) in [6, 6.07) is 0. The van der Waals surface area contributed by atoms with Crippen molar-refractivity contribution >= 4 is 11.9 Å². The lowest BCUT2D eigenvalue weighted by atomic mass is 10.0. The van der Waals surface area contributed by atoms with Gasteiger partial charge in [0.05, 0.1) is 0 Å². The smallest absolute Gasteiger partial charge is 0.326 e. The second-order valence-corrected chi connectivity index (χ2v) is 3.98. The molecule has 0 aromatic rings. The van der Waals surface area contributed by atoms with Crippen molar-refractivity contribution in [3.63, 3.8) is 0 Å². The fraction of sp³-hybridized carbons (Fsp3) is 0.800. The van der Waals surface area contributed by atoms with Crippen molar-refractivity contribution in [3.05, 3.63) is 0 Å². The zero-order chi connectivity index (χ0) is 10.4. The Morgan fingerprint density at radius 3 is 1.79 bits per heavy atom. The van der Waals surface area contributed by atoms with E-state index in [0.29, 0.717) is 25.7 Å². The van der Waals surface area contributed by atoms with E-state index in [1.165, 1.54) is 0 Å². The lowest BCUT2D eigenvalue weighted by molar-refractivity contribution is -0.256. The highest BCUT2D eigenvalue weighted by Crippen LogP contribution is 2.52. The van der Waals surface area contributed by atoms with Gasteiger partial charge < -0.3 is 9.47 Å². The van der Waals surface area contributed by atoms with Crippen LogP contribution in [0.2, 0.25) is 0 Å². The van der Waals surface area contributed by atoms with Crippen molar-refractivity contribution in [2.75, 3.05) is 0 Å². The van der Waals surface area contributed by atoms with E-state index in [-0.39, 0.29) is 0 Å². The van der Waals surface area contributed by atoms with Gasteiger partial charge in [-0.05, 0) is 12.8 Å². The van der Waals surface area contributed by atoms with Crippen molar-refractivity contribution in [1.82, 2.24) is 0 Å². The molecule has 0 bridgehead atoms. The van der Waals surface area contributed by atoms with Gasteiger partial charge in [0, 0.05) is 12.8 Å². The van der Waals surface area contributed by atoms with Crippen molar-refractivity contribution < 1.29 is 19.1 Å². The van der Waals surface area contributed by atoms with Crippen LogP contribution >= 0.6 is 0 Å². The van der Waals surface area contributed by atoms with Crippen LogP contribution in [0.1, 0.15) is 39.5 Å². The van der Waals surface area contributed by atoms with E-state index in [4.69, 9.17) is 9.47 Å². The van der Waals surface area contributed by atoms with Gasteiger partial charge in [-0.15, -0.1) is 0 Å². The van der Waals surface area contributed by atoms with Gasteiger partial charge in [-0.3, -0.25) is 9.59 Å². The predicted molar refractivity (Wildman–Crippen MR) is 47.2 cm³/mol. The van der Waals surface area contributed by atoms with Gasteiger partial charge in [0.25, 0.3) is 5.79 Å². The average molecular weight is 198 g/mol. The van der Waals surface area contributed by atoms with Crippen LogP contribution in [-0.2, 0) is 19.1 Å². The first-order valence-electron chi connectivity index (χ1n) is 5.05. The van der Waals surface area contributed by atoms with Gasteiger partial charge in [-0.1, -0.05) is 13.8 Å². The van der Waals surface area contributed by atoms with Crippen molar-refractivity contribution in [3.8, 4) is 0 Å². The largest absolute Gasteiger partial charge is 0.422 e. The molecule has 0 amide bonds. The molecule has 1 spiro atoms. The molecule has 14 heavy (non-hydrogen) atoms. The highest BCUT2D eigenvalue weighted by Gasteiger charge is 2.65. The number of hydrogen-bond acceptors (Lipinski definition) is 4. The molecule has 2 fully saturated rings. The maximum Gasteiger partial charge on any atom is 0.326 e. The quantitative estimate of drug-likeness (QED) is 0.497. The van der Waals surface area contributed by atoms with Gasteiger partial charge in [-0.25, -0.2) is 0 Å². The molecule has 0 aromatic heterocycles. The zero-order valence-corrected chi connectivity index (χ0v) is 8.46. The van der Waals surface area contributed by atoms with E-state index in [9.17, 15) is 9.59 Å². The molecule has 4 nitrogen and oxygen atoms in total. The van der Waals surface area contributed by atoms with Crippen molar-refractivity contribution in [2.24, 2.45) is 5.41 Å². The minimum Gasteiger partial charge on any atom is -0.422 e. The third kappa shape index (κ3) is 1.06. The van der Waals surface area contributed by atoms with E-state index in [1.54, 1.807) is 0 Å². The summed E-state index contributed by atoms with van der Waals surface area (Å²) in [6.07, 6.45) is 2.18. The van der Waals surface area contributed by atoms with Crippen molar-refractivity contribution in [2.45, 2.75) is 45.3 Å². The molecule has 1 aliphatic heterocycles. The summed E-state index contributed by atoms with van der Waals surface area (Å²) < 4.78 is 10.5. The molecule has 78 valence electrons. The maximum absolute atomic E-state index is 11.6. The van der Waals surface area contributed by atoms with E-state index in [0.717, 1.165) is 0 Å². The van der Waals surface area contributed by atoms with Crippen LogP contribution in [0.25, 0.3) is 0 Å². The molecule has 2 aliphatic rings. The van der Waals surface area contributed by atoms with Crippen LogP contribution in [0.5, 0.6) is 0 Å². The fourth-order valence-corrected chi connectivity index (χ4v) is 1.71. The molecule has 0 unspecified atom stereocenters. The minimum atomic E-state index is -0.998. The Morgan fingerprint density at radius 2 is 1.50 bits per heavy atom. The van der Waals surface area contributed by atoms with E-state index < -0.39 is 23.1 Å². The van der Waals surface area contributed by atoms with Crippen LogP contribution in [-0.4, -0.2) is 17.7 Å². The minimum absolute atomic E-state index is 0.391. The first-order valence-corrected chi connectivity index (χ1v) is 5.05. The van der Waals surface area contributed by atoms with Gasteiger partial charge in [0.1, 0.15) is 0 Å². The summed E-state index contributed by atoms with van der Waals surface area (Å²) >= 11 is 0. The molecule has 0 aromatic carbocycles. The van der Waals surface area contributed by atoms with E-state index >= 15 is 0 Å². The molecule has 2 rings (SSSR count). The predicted octanol–water partition coefficient (Wildman–Crippen LogP) is 1.38. The molecule has 1 aliphatic carbocycles. The Bertz CT molecular complexity index is 264. The standard InChI is InChI=1S/C10H14O4/c1-3-10(4-2)13-7(11)9(5-6-9)8(12)14-10/h3-6H2,1-2H3. The number of ether oxygens (including phenoxy) is 2. The highest BCUT2D eigenvalue weighted by atomic mass is 16.7. The number of cyclic esters (lactones) is 2. The van der Waals surface area contributed by atoms with Crippen LogP contribution in [0.4, 0.5) is 0 Å². The Morgan fingerprint density at radius 1 is 1.07 bits per heavy atom. The molecule has 4 heteroatoms. The molecule has 0 radical (unpaired) electrons. The summed E-state index contributed by atoms with van der Waals surface area (Å²) in [6.45, 7) is 3.68. The number of carbonyl (C=O) groups is 2. The Hall–Kier alpha value is -1.06. The lowest BCUT2D eigenvalue weighted by Crippen LogP contribution is -2.50. The second-order valence-electron chi connectivity index (χ2n) is 3.98. The average Bonchev–Trinajstić information content (AvgIpc) is 2.95. The Labute approximate surface area is 82.6 Å². The lowest BCUT2D eigenvalue weighted by Gasteiger charge is -2.37. The second kappa shape index (κ2) is 2.72. The molecule has 1 heterocycles. The zero-order valence-electron chi connectivity index (χ0n) is 8.46. The van der Waals surface area contributed by atoms with Crippen molar-refractivity contribution in [1.29, 1.82) is 0 Å². The molecule has 0 atom stereocenters. The summed E-state index contributed by atoms with van der Waals surface area (Å²) in [5.41, 5.74) is -0.923. The van der Waals surface area contributed by atoms with E-state index in [2.05, 4.69) is 0 Å². The summed E-state index contributed by atoms with van der Waals surface area (Å²) in [5.74, 6) is -1.78. The van der Waals surface area contributed by atoms with E-state index in [1.807, 2.05) is 13.8 Å². The third-order valence-corrected chi connectivity index (χ3v) is 3.17. The summed E-state index contributed by atoms with van der Waals surface area (Å²) in [4.78, 5) is 23.2. The molecular formula is C10H14O4. The monoisotopic (exact) mass is 198 g/mol. The SMILES string of the molecule is CCC1(CC)OC(=O)C2(CC2)C(=O)O1. The van der Waals surface area contributed by atoms with Crippen LogP contribution < -0.4 is 0 Å². The number of hydrogen-bond donors (Lipinski definition) is 0. The molecular weight excluding hydrogens is 184 g/mol. The topological polar surface area (TPSA) is 52.6 Å². The number of rotatable bonds is 2. The van der Waals surface area contributed by atoms with Crippen LogP contribution in [0.3, 0.4) is 0 Å². The number of esters is 2. The Balaban J connectivity index is 2.23.